The van der Waals surface area contributed by atoms with Gasteiger partial charge in [0.05, 0.1) is 38.5 Å². The van der Waals surface area contributed by atoms with Crippen LogP contribution in [-0.2, 0) is 20.9 Å². The van der Waals surface area contributed by atoms with Gasteiger partial charge >= 0.3 is 5.97 Å². The topological polar surface area (TPSA) is 97.4 Å². The summed E-state index contributed by atoms with van der Waals surface area (Å²) in [6.07, 6.45) is -0.157. The molecule has 11 heteroatoms. The number of methoxy groups -OCH3 is 2. The molecule has 1 fully saturated rings. The number of ether oxygens (including phenoxy) is 3. The van der Waals surface area contributed by atoms with E-state index in [0.717, 1.165) is 5.56 Å². The van der Waals surface area contributed by atoms with E-state index in [1.807, 2.05) is 6.07 Å². The molecule has 3 aromatic rings. The summed E-state index contributed by atoms with van der Waals surface area (Å²) >= 11 is 11.8. The van der Waals surface area contributed by atoms with Crippen LogP contribution in [0.5, 0.6) is 11.5 Å². The largest absolute Gasteiger partial charge is 0.493 e. The summed E-state index contributed by atoms with van der Waals surface area (Å²) in [5, 5.41) is 3.58. The zero-order valence-electron chi connectivity index (χ0n) is 22.2. The third kappa shape index (κ3) is 6.35. The lowest BCUT2D eigenvalue weighted by Crippen LogP contribution is -2.37. The Morgan fingerprint density at radius 2 is 1.65 bits per heavy atom. The Hall–Kier alpha value is -4.15. The Labute approximate surface area is 242 Å². The number of amides is 2. The fraction of sp³-hybridized carbons (Fsp3) is 0.241. The number of rotatable bonds is 10. The number of thiocarbonyl (C=S) groups is 1. The van der Waals surface area contributed by atoms with Gasteiger partial charge in [-0.1, -0.05) is 17.7 Å². The van der Waals surface area contributed by atoms with Crippen LogP contribution in [0.1, 0.15) is 29.3 Å². The monoisotopic (exact) mass is 581 g/mol. The van der Waals surface area contributed by atoms with E-state index in [0.29, 0.717) is 33.5 Å². The maximum atomic E-state index is 13.7. The maximum absolute atomic E-state index is 13.7. The second-order valence-electron chi connectivity index (χ2n) is 8.82. The number of hydrogen-bond acceptors (Lipinski definition) is 7. The molecule has 0 saturated carbocycles. The van der Waals surface area contributed by atoms with Crippen molar-refractivity contribution < 1.29 is 28.6 Å². The number of hydrogen-bond donors (Lipinski definition) is 1. The van der Waals surface area contributed by atoms with Crippen molar-refractivity contribution in [3.8, 4) is 11.5 Å². The third-order valence-electron chi connectivity index (χ3n) is 6.26. The van der Waals surface area contributed by atoms with Gasteiger partial charge in [0.1, 0.15) is 6.04 Å². The number of halogens is 1. The molecule has 9 nitrogen and oxygen atoms in total. The molecule has 3 aromatic carbocycles. The Kier molecular flexibility index (Phi) is 9.23. The molecule has 1 heterocycles. The van der Waals surface area contributed by atoms with E-state index < -0.39 is 12.0 Å². The fourth-order valence-electron chi connectivity index (χ4n) is 4.31. The molecule has 1 atom stereocenters. The van der Waals surface area contributed by atoms with Crippen LogP contribution in [0.2, 0.25) is 5.02 Å². The van der Waals surface area contributed by atoms with E-state index in [9.17, 15) is 14.4 Å². The van der Waals surface area contributed by atoms with Crippen LogP contribution >= 0.6 is 23.8 Å². The van der Waals surface area contributed by atoms with Gasteiger partial charge in [-0.3, -0.25) is 14.5 Å². The zero-order valence-corrected chi connectivity index (χ0v) is 23.8. The zero-order chi connectivity index (χ0) is 28.8. The Morgan fingerprint density at radius 3 is 2.27 bits per heavy atom. The molecule has 1 saturated heterocycles. The van der Waals surface area contributed by atoms with Crippen LogP contribution in [0.25, 0.3) is 0 Å². The van der Waals surface area contributed by atoms with Crippen molar-refractivity contribution in [3.63, 3.8) is 0 Å². The molecule has 208 valence electrons. The standard InChI is InChI=1S/C29H28ClN3O6S/c1-4-39-28(36)19-6-10-21(11-7-19)31-26(34)16-23-27(35)33(22-12-8-20(30)9-13-22)29(40)32(23)17-18-5-14-24(37-2)25(15-18)38-3/h5-15,23H,4,16-17H2,1-3H3,(H,31,34). The van der Waals surface area contributed by atoms with Crippen molar-refractivity contribution >= 4 is 58.1 Å². The number of anilines is 2. The number of carbonyl (C=O) groups is 3. The van der Waals surface area contributed by atoms with Crippen LogP contribution in [0, 0.1) is 0 Å². The quantitative estimate of drug-likeness (QED) is 0.262. The lowest BCUT2D eigenvalue weighted by atomic mass is 10.1. The van der Waals surface area contributed by atoms with Crippen LogP contribution in [0.3, 0.4) is 0 Å². The van der Waals surface area contributed by atoms with Gasteiger partial charge in [0.2, 0.25) is 5.91 Å². The predicted molar refractivity (Wildman–Crippen MR) is 156 cm³/mol. The van der Waals surface area contributed by atoms with E-state index >= 15 is 0 Å². The normalized spacial score (nSPS) is 14.8. The molecule has 0 bridgehead atoms. The summed E-state index contributed by atoms with van der Waals surface area (Å²) in [6.45, 7) is 2.24. The summed E-state index contributed by atoms with van der Waals surface area (Å²) in [5.74, 6) is -0.0648. The molecule has 1 N–H and O–H groups in total. The second-order valence-corrected chi connectivity index (χ2v) is 9.62. The summed E-state index contributed by atoms with van der Waals surface area (Å²) in [7, 11) is 3.09. The van der Waals surface area contributed by atoms with E-state index in [-0.39, 0.29) is 36.5 Å². The molecule has 40 heavy (non-hydrogen) atoms. The molecule has 1 unspecified atom stereocenters. The fourth-order valence-corrected chi connectivity index (χ4v) is 4.82. The van der Waals surface area contributed by atoms with Gasteiger partial charge in [-0.15, -0.1) is 0 Å². The third-order valence-corrected chi connectivity index (χ3v) is 6.93. The first-order chi connectivity index (χ1) is 19.2. The van der Waals surface area contributed by atoms with Gasteiger partial charge in [-0.05, 0) is 85.4 Å². The molecule has 2 amide bonds. The average Bonchev–Trinajstić information content (AvgIpc) is 3.17. The maximum Gasteiger partial charge on any atom is 0.338 e. The van der Waals surface area contributed by atoms with Crippen molar-refractivity contribution in [1.82, 2.24) is 4.90 Å². The molecule has 4 rings (SSSR count). The highest BCUT2D eigenvalue weighted by atomic mass is 35.5. The highest BCUT2D eigenvalue weighted by Gasteiger charge is 2.44. The van der Waals surface area contributed by atoms with Crippen molar-refractivity contribution in [2.24, 2.45) is 0 Å². The molecule has 0 aromatic heterocycles. The minimum absolute atomic E-state index is 0.157. The van der Waals surface area contributed by atoms with Gasteiger partial charge < -0.3 is 24.4 Å². The van der Waals surface area contributed by atoms with Gasteiger partial charge in [0.15, 0.2) is 16.6 Å². The van der Waals surface area contributed by atoms with E-state index in [1.54, 1.807) is 86.7 Å². The molecule has 0 spiro atoms. The van der Waals surface area contributed by atoms with Gasteiger partial charge in [0.25, 0.3) is 5.91 Å². The molecule has 0 radical (unpaired) electrons. The minimum Gasteiger partial charge on any atom is -0.493 e. The highest BCUT2D eigenvalue weighted by Crippen LogP contribution is 2.32. The predicted octanol–water partition coefficient (Wildman–Crippen LogP) is 5.07. The smallest absolute Gasteiger partial charge is 0.338 e. The van der Waals surface area contributed by atoms with Crippen molar-refractivity contribution in [1.29, 1.82) is 0 Å². The Bertz CT molecular complexity index is 1410. The first-order valence-electron chi connectivity index (χ1n) is 12.4. The molecular formula is C29H28ClN3O6S. The average molecular weight is 582 g/mol. The number of nitrogens with one attached hydrogen (secondary N) is 1. The van der Waals surface area contributed by atoms with Crippen LogP contribution in [0.4, 0.5) is 11.4 Å². The van der Waals surface area contributed by atoms with Crippen LogP contribution < -0.4 is 19.7 Å². The number of esters is 1. The minimum atomic E-state index is -0.866. The van der Waals surface area contributed by atoms with Gasteiger partial charge in [-0.2, -0.15) is 0 Å². The first-order valence-corrected chi connectivity index (χ1v) is 13.2. The Morgan fingerprint density at radius 1 is 0.975 bits per heavy atom. The van der Waals surface area contributed by atoms with E-state index in [1.165, 1.54) is 4.90 Å². The van der Waals surface area contributed by atoms with Crippen molar-refractivity contribution in [3.05, 3.63) is 82.9 Å². The summed E-state index contributed by atoms with van der Waals surface area (Å²) < 4.78 is 15.7. The second kappa shape index (κ2) is 12.8. The molecular weight excluding hydrogens is 554 g/mol. The SMILES string of the molecule is CCOC(=O)c1ccc(NC(=O)CC2C(=O)N(c3ccc(Cl)cc3)C(=S)N2Cc2ccc(OC)c(OC)c2)cc1. The summed E-state index contributed by atoms with van der Waals surface area (Å²) in [6, 6.07) is 17.6. The van der Waals surface area contributed by atoms with Gasteiger partial charge in [-0.25, -0.2) is 4.79 Å². The van der Waals surface area contributed by atoms with E-state index in [2.05, 4.69) is 5.32 Å². The summed E-state index contributed by atoms with van der Waals surface area (Å²) in [5.41, 5.74) is 2.21. The van der Waals surface area contributed by atoms with E-state index in [4.69, 9.17) is 38.0 Å². The Balaban J connectivity index is 1.57. The molecule has 1 aliphatic heterocycles. The lowest BCUT2D eigenvalue weighted by molar-refractivity contribution is -0.124. The number of carbonyl (C=O) groups excluding carboxylic acids is 3. The summed E-state index contributed by atoms with van der Waals surface area (Å²) in [4.78, 5) is 41.8. The van der Waals surface area contributed by atoms with Crippen molar-refractivity contribution in [2.45, 2.75) is 25.9 Å². The molecule has 1 aliphatic rings. The molecule has 0 aliphatic carbocycles. The number of nitrogens with zero attached hydrogens (tertiary/aromatic N) is 2. The highest BCUT2D eigenvalue weighted by molar-refractivity contribution is 7.80. The first kappa shape index (κ1) is 28.8. The number of benzene rings is 3. The van der Waals surface area contributed by atoms with Crippen LogP contribution in [-0.4, -0.2) is 54.7 Å². The van der Waals surface area contributed by atoms with Crippen molar-refractivity contribution in [2.75, 3.05) is 31.0 Å². The van der Waals surface area contributed by atoms with Crippen LogP contribution in [0.15, 0.2) is 66.7 Å². The lowest BCUT2D eigenvalue weighted by Gasteiger charge is -2.24. The van der Waals surface area contributed by atoms with Gasteiger partial charge in [0, 0.05) is 17.3 Å².